The molecule has 1 aromatic carbocycles. The molecule has 0 bridgehead atoms. The fraction of sp³-hybridized carbons (Fsp3) is 0.200. The molecule has 0 saturated heterocycles. The Morgan fingerprint density at radius 1 is 1.23 bits per heavy atom. The summed E-state index contributed by atoms with van der Waals surface area (Å²) in [5.74, 6) is 0.496. The van der Waals surface area contributed by atoms with Crippen molar-refractivity contribution in [3.05, 3.63) is 69.5 Å². The number of benzene rings is 1. The van der Waals surface area contributed by atoms with Crippen molar-refractivity contribution in [3.8, 4) is 0 Å². The normalized spacial score (nSPS) is 11.2. The van der Waals surface area contributed by atoms with E-state index in [-0.39, 0.29) is 5.91 Å². The monoisotopic (exact) mass is 365 g/mol. The molecule has 0 aliphatic heterocycles. The molecule has 0 radical (unpaired) electrons. The minimum absolute atomic E-state index is 0.116. The van der Waals surface area contributed by atoms with Gasteiger partial charge in [0.15, 0.2) is 11.5 Å². The fourth-order valence-electron chi connectivity index (χ4n) is 3.15. The highest BCUT2D eigenvalue weighted by Gasteiger charge is 2.16. The highest BCUT2D eigenvalue weighted by atomic mass is 32.1. The molecule has 4 aromatic rings. The second kappa shape index (κ2) is 6.46. The molecule has 3 aromatic heterocycles. The van der Waals surface area contributed by atoms with Crippen LogP contribution in [0.4, 0.5) is 5.69 Å². The minimum atomic E-state index is -0.116. The summed E-state index contributed by atoms with van der Waals surface area (Å²) >= 11 is 1.72. The van der Waals surface area contributed by atoms with Crippen molar-refractivity contribution in [1.82, 2.24) is 9.55 Å². The second-order valence-electron chi connectivity index (χ2n) is 6.32. The number of aryl methyl sites for hydroxylation is 2. The van der Waals surface area contributed by atoms with E-state index in [1.807, 2.05) is 44.2 Å². The van der Waals surface area contributed by atoms with Crippen molar-refractivity contribution in [2.75, 3.05) is 5.32 Å². The molecule has 0 aliphatic carbocycles. The number of rotatable bonds is 4. The first-order valence-electron chi connectivity index (χ1n) is 8.39. The zero-order valence-corrected chi connectivity index (χ0v) is 15.7. The van der Waals surface area contributed by atoms with Gasteiger partial charge in [0.05, 0.1) is 12.1 Å². The number of fused-ring (bicyclic) bond motifs is 1. The maximum absolute atomic E-state index is 12.8. The highest BCUT2D eigenvalue weighted by Crippen LogP contribution is 2.23. The van der Waals surface area contributed by atoms with Gasteiger partial charge in [-0.05, 0) is 49.6 Å². The van der Waals surface area contributed by atoms with Gasteiger partial charge in [-0.2, -0.15) is 0 Å². The molecule has 0 unspecified atom stereocenters. The summed E-state index contributed by atoms with van der Waals surface area (Å²) in [7, 11) is 0. The van der Waals surface area contributed by atoms with Crippen LogP contribution in [0.15, 0.2) is 46.2 Å². The number of carbonyl (C=O) groups excluding carboxylic acids is 1. The number of aromatic nitrogens is 2. The Kier molecular flexibility index (Phi) is 4.12. The summed E-state index contributed by atoms with van der Waals surface area (Å²) in [5.41, 5.74) is 4.89. The molecule has 6 heteroatoms. The lowest BCUT2D eigenvalue weighted by Gasteiger charge is -2.09. The SMILES string of the molecule is Cc1nc2cc(NC(=O)c3cc(C)n(Cc4cccs4)c3C)ccc2o1. The first-order chi connectivity index (χ1) is 12.5. The number of hydrogen-bond acceptors (Lipinski definition) is 4. The van der Waals surface area contributed by atoms with Gasteiger partial charge in [-0.1, -0.05) is 6.07 Å². The Balaban J connectivity index is 1.59. The maximum atomic E-state index is 12.8. The topological polar surface area (TPSA) is 60.1 Å². The summed E-state index contributed by atoms with van der Waals surface area (Å²) in [6, 6.07) is 11.6. The molecular formula is C20H19N3O2S. The second-order valence-corrected chi connectivity index (χ2v) is 7.35. The Labute approximate surface area is 155 Å². The lowest BCUT2D eigenvalue weighted by Crippen LogP contribution is -2.13. The highest BCUT2D eigenvalue weighted by molar-refractivity contribution is 7.09. The van der Waals surface area contributed by atoms with Gasteiger partial charge in [0.1, 0.15) is 5.52 Å². The van der Waals surface area contributed by atoms with Gasteiger partial charge in [-0.25, -0.2) is 4.98 Å². The first-order valence-corrected chi connectivity index (χ1v) is 9.27. The maximum Gasteiger partial charge on any atom is 0.257 e. The van der Waals surface area contributed by atoms with Gasteiger partial charge < -0.3 is 14.3 Å². The van der Waals surface area contributed by atoms with Crippen LogP contribution in [0.25, 0.3) is 11.1 Å². The number of anilines is 1. The minimum Gasteiger partial charge on any atom is -0.441 e. The van der Waals surface area contributed by atoms with Crippen molar-refractivity contribution >= 4 is 34.0 Å². The fourth-order valence-corrected chi connectivity index (χ4v) is 3.84. The summed E-state index contributed by atoms with van der Waals surface area (Å²) in [6.07, 6.45) is 0. The van der Waals surface area contributed by atoms with Gasteiger partial charge in [0.2, 0.25) is 0 Å². The van der Waals surface area contributed by atoms with Crippen molar-refractivity contribution in [2.45, 2.75) is 27.3 Å². The smallest absolute Gasteiger partial charge is 0.257 e. The quantitative estimate of drug-likeness (QED) is 0.558. The molecule has 0 atom stereocenters. The Morgan fingerprint density at radius 3 is 2.85 bits per heavy atom. The molecule has 0 fully saturated rings. The summed E-state index contributed by atoms with van der Waals surface area (Å²) in [4.78, 5) is 18.4. The van der Waals surface area contributed by atoms with Gasteiger partial charge in [0, 0.05) is 28.9 Å². The lowest BCUT2D eigenvalue weighted by atomic mass is 10.2. The number of oxazole rings is 1. The van der Waals surface area contributed by atoms with E-state index in [0.29, 0.717) is 17.1 Å². The molecule has 4 rings (SSSR count). The van der Waals surface area contributed by atoms with Crippen molar-refractivity contribution < 1.29 is 9.21 Å². The van der Waals surface area contributed by atoms with Crippen LogP contribution < -0.4 is 5.32 Å². The Hall–Kier alpha value is -2.86. The van der Waals surface area contributed by atoms with Gasteiger partial charge >= 0.3 is 0 Å². The summed E-state index contributed by atoms with van der Waals surface area (Å²) in [6.45, 7) is 6.61. The van der Waals surface area contributed by atoms with Crippen LogP contribution in [0.2, 0.25) is 0 Å². The first kappa shape index (κ1) is 16.6. The zero-order chi connectivity index (χ0) is 18.3. The molecule has 1 amide bonds. The van der Waals surface area contributed by atoms with E-state index in [1.54, 1.807) is 18.3 Å². The molecule has 1 N–H and O–H groups in total. The van der Waals surface area contributed by atoms with E-state index in [9.17, 15) is 4.79 Å². The van der Waals surface area contributed by atoms with Crippen LogP contribution in [-0.4, -0.2) is 15.5 Å². The van der Waals surface area contributed by atoms with E-state index >= 15 is 0 Å². The average molecular weight is 365 g/mol. The molecular weight excluding hydrogens is 346 g/mol. The van der Waals surface area contributed by atoms with Crippen molar-refractivity contribution in [1.29, 1.82) is 0 Å². The number of amides is 1. The van der Waals surface area contributed by atoms with E-state index in [2.05, 4.69) is 26.3 Å². The standard InChI is InChI=1S/C20H19N3O2S/c1-12-9-17(13(2)23(12)11-16-5-4-8-26-16)20(24)22-15-6-7-19-18(10-15)21-14(3)25-19/h4-10H,11H2,1-3H3,(H,22,24). The zero-order valence-electron chi connectivity index (χ0n) is 14.9. The number of nitrogens with one attached hydrogen (secondary N) is 1. The molecule has 0 saturated carbocycles. The number of carbonyl (C=O) groups is 1. The van der Waals surface area contributed by atoms with E-state index in [0.717, 1.165) is 29.0 Å². The van der Waals surface area contributed by atoms with Crippen LogP contribution in [0.3, 0.4) is 0 Å². The number of nitrogens with zero attached hydrogens (tertiary/aromatic N) is 2. The third-order valence-corrected chi connectivity index (χ3v) is 5.33. The predicted molar refractivity (Wildman–Crippen MR) is 104 cm³/mol. The largest absolute Gasteiger partial charge is 0.441 e. The predicted octanol–water partition coefficient (Wildman–Crippen LogP) is 4.92. The average Bonchev–Trinajstić information content (AvgIpc) is 3.30. The number of thiophene rings is 1. The van der Waals surface area contributed by atoms with Crippen molar-refractivity contribution in [2.24, 2.45) is 0 Å². The Morgan fingerprint density at radius 2 is 2.08 bits per heavy atom. The van der Waals surface area contributed by atoms with Crippen LogP contribution in [0.1, 0.15) is 32.5 Å². The third kappa shape index (κ3) is 3.04. The van der Waals surface area contributed by atoms with E-state index in [4.69, 9.17) is 4.42 Å². The van der Waals surface area contributed by atoms with E-state index < -0.39 is 0 Å². The Bertz CT molecular complexity index is 1090. The van der Waals surface area contributed by atoms with Crippen LogP contribution in [-0.2, 0) is 6.54 Å². The third-order valence-electron chi connectivity index (χ3n) is 4.46. The van der Waals surface area contributed by atoms with Crippen LogP contribution in [0.5, 0.6) is 0 Å². The summed E-state index contributed by atoms with van der Waals surface area (Å²) in [5, 5.41) is 5.04. The molecule has 3 heterocycles. The van der Waals surface area contributed by atoms with E-state index in [1.165, 1.54) is 4.88 Å². The molecule has 0 spiro atoms. The van der Waals surface area contributed by atoms with Crippen LogP contribution in [0, 0.1) is 20.8 Å². The van der Waals surface area contributed by atoms with Gasteiger partial charge in [0.25, 0.3) is 5.91 Å². The van der Waals surface area contributed by atoms with Crippen LogP contribution >= 0.6 is 11.3 Å². The van der Waals surface area contributed by atoms with Crippen molar-refractivity contribution in [3.63, 3.8) is 0 Å². The number of hydrogen-bond donors (Lipinski definition) is 1. The molecule has 5 nitrogen and oxygen atoms in total. The summed E-state index contributed by atoms with van der Waals surface area (Å²) < 4.78 is 7.65. The molecule has 26 heavy (non-hydrogen) atoms. The van der Waals surface area contributed by atoms with Gasteiger partial charge in [-0.15, -0.1) is 11.3 Å². The van der Waals surface area contributed by atoms with Gasteiger partial charge in [-0.3, -0.25) is 4.79 Å². The lowest BCUT2D eigenvalue weighted by molar-refractivity contribution is 0.102. The molecule has 132 valence electrons. The molecule has 0 aliphatic rings.